The maximum Gasteiger partial charge on any atom is 0.338 e. The SMILES string of the molecule is O=C(O)c1ccccc1N1NC=CO1. The van der Waals surface area contributed by atoms with Gasteiger partial charge in [-0.05, 0) is 12.1 Å². The molecule has 2 N–H and O–H groups in total. The van der Waals surface area contributed by atoms with Crippen LogP contribution in [0, 0.1) is 0 Å². The normalized spacial score (nSPS) is 13.6. The summed E-state index contributed by atoms with van der Waals surface area (Å²) in [6.07, 6.45) is 3.00. The zero-order valence-corrected chi connectivity index (χ0v) is 7.18. The topological polar surface area (TPSA) is 61.8 Å². The molecule has 0 aliphatic carbocycles. The van der Waals surface area contributed by atoms with E-state index < -0.39 is 5.97 Å². The average Bonchev–Trinajstić information content (AvgIpc) is 2.70. The maximum absolute atomic E-state index is 10.8. The molecule has 0 saturated carbocycles. The number of anilines is 1. The second-order valence-corrected chi connectivity index (χ2v) is 2.65. The van der Waals surface area contributed by atoms with Gasteiger partial charge in [0.2, 0.25) is 0 Å². The fraction of sp³-hybridized carbons (Fsp3) is 0. The molecule has 0 aromatic heterocycles. The number of carbonyl (C=O) groups is 1. The van der Waals surface area contributed by atoms with Crippen LogP contribution in [0.15, 0.2) is 36.7 Å². The van der Waals surface area contributed by atoms with E-state index in [0.717, 1.165) is 0 Å². The number of hydrogen-bond donors (Lipinski definition) is 2. The minimum Gasteiger partial charge on any atom is -0.478 e. The van der Waals surface area contributed by atoms with Crippen LogP contribution in [0.5, 0.6) is 0 Å². The second kappa shape index (κ2) is 3.29. The number of nitrogens with zero attached hydrogens (tertiary/aromatic N) is 1. The Morgan fingerprint density at radius 1 is 1.43 bits per heavy atom. The summed E-state index contributed by atoms with van der Waals surface area (Å²) in [6.45, 7) is 0. The second-order valence-electron chi connectivity index (χ2n) is 2.65. The van der Waals surface area contributed by atoms with Crippen molar-refractivity contribution in [1.82, 2.24) is 5.43 Å². The van der Waals surface area contributed by atoms with Gasteiger partial charge in [0.1, 0.15) is 11.9 Å². The smallest absolute Gasteiger partial charge is 0.338 e. The van der Waals surface area contributed by atoms with Crippen LogP contribution in [0.2, 0.25) is 0 Å². The Kier molecular flexibility index (Phi) is 1.98. The van der Waals surface area contributed by atoms with E-state index in [-0.39, 0.29) is 5.56 Å². The minimum absolute atomic E-state index is 0.184. The molecule has 1 aromatic rings. The Hall–Kier alpha value is -2.17. The molecule has 0 radical (unpaired) electrons. The van der Waals surface area contributed by atoms with Gasteiger partial charge < -0.3 is 9.94 Å². The van der Waals surface area contributed by atoms with Crippen molar-refractivity contribution in [2.45, 2.75) is 0 Å². The number of para-hydroxylation sites is 1. The van der Waals surface area contributed by atoms with Crippen LogP contribution in [-0.4, -0.2) is 11.1 Å². The van der Waals surface area contributed by atoms with Gasteiger partial charge in [0, 0.05) is 0 Å². The molecule has 1 aliphatic heterocycles. The van der Waals surface area contributed by atoms with Crippen LogP contribution >= 0.6 is 0 Å². The third-order valence-corrected chi connectivity index (χ3v) is 1.78. The van der Waals surface area contributed by atoms with Crippen LogP contribution in [0.3, 0.4) is 0 Å². The van der Waals surface area contributed by atoms with Gasteiger partial charge in [-0.15, -0.1) is 5.17 Å². The summed E-state index contributed by atoms with van der Waals surface area (Å²) in [5.74, 6) is -0.988. The zero-order chi connectivity index (χ0) is 9.97. The molecular formula is C9H8N2O3. The van der Waals surface area contributed by atoms with Crippen molar-refractivity contribution >= 4 is 11.7 Å². The first-order valence-corrected chi connectivity index (χ1v) is 3.99. The zero-order valence-electron chi connectivity index (χ0n) is 7.18. The standard InChI is InChI=1S/C9H8N2O3/c12-9(13)7-3-1-2-4-8(7)11-10-5-6-14-11/h1-6,10H,(H,12,13). The number of carboxylic acids is 1. The summed E-state index contributed by atoms with van der Waals surface area (Å²) in [4.78, 5) is 15.9. The van der Waals surface area contributed by atoms with E-state index in [1.807, 2.05) is 0 Å². The highest BCUT2D eigenvalue weighted by molar-refractivity contribution is 5.94. The minimum atomic E-state index is -0.988. The molecule has 0 saturated heterocycles. The largest absolute Gasteiger partial charge is 0.478 e. The van der Waals surface area contributed by atoms with Crippen LogP contribution < -0.4 is 10.6 Å². The Morgan fingerprint density at radius 3 is 2.86 bits per heavy atom. The molecule has 0 amide bonds. The van der Waals surface area contributed by atoms with E-state index in [2.05, 4.69) is 5.43 Å². The van der Waals surface area contributed by atoms with E-state index in [0.29, 0.717) is 5.69 Å². The van der Waals surface area contributed by atoms with Crippen molar-refractivity contribution in [1.29, 1.82) is 0 Å². The number of carboxylic acid groups (broad SMARTS) is 1. The quantitative estimate of drug-likeness (QED) is 0.735. The van der Waals surface area contributed by atoms with Gasteiger partial charge in [-0.3, -0.25) is 5.43 Å². The first-order valence-electron chi connectivity index (χ1n) is 3.99. The molecule has 1 aromatic carbocycles. The molecule has 1 aliphatic rings. The third kappa shape index (κ3) is 1.35. The number of aromatic carboxylic acids is 1. The van der Waals surface area contributed by atoms with Crippen LogP contribution in [-0.2, 0) is 4.84 Å². The Labute approximate surface area is 80.1 Å². The highest BCUT2D eigenvalue weighted by Gasteiger charge is 2.17. The molecule has 0 spiro atoms. The lowest BCUT2D eigenvalue weighted by Gasteiger charge is -2.17. The van der Waals surface area contributed by atoms with E-state index in [1.54, 1.807) is 24.4 Å². The number of nitrogens with one attached hydrogen (secondary N) is 1. The van der Waals surface area contributed by atoms with Crippen molar-refractivity contribution in [3.63, 3.8) is 0 Å². The van der Waals surface area contributed by atoms with E-state index in [9.17, 15) is 4.79 Å². The molecular weight excluding hydrogens is 184 g/mol. The molecule has 0 unspecified atom stereocenters. The van der Waals surface area contributed by atoms with Crippen LogP contribution in [0.25, 0.3) is 0 Å². The van der Waals surface area contributed by atoms with Gasteiger partial charge in [0.15, 0.2) is 0 Å². The molecule has 72 valence electrons. The van der Waals surface area contributed by atoms with Gasteiger partial charge >= 0.3 is 5.97 Å². The molecule has 14 heavy (non-hydrogen) atoms. The average molecular weight is 192 g/mol. The summed E-state index contributed by atoms with van der Waals surface area (Å²) in [6, 6.07) is 6.58. The van der Waals surface area contributed by atoms with Crippen molar-refractivity contribution in [3.05, 3.63) is 42.3 Å². The van der Waals surface area contributed by atoms with E-state index in [4.69, 9.17) is 9.94 Å². The first kappa shape index (κ1) is 8.43. The van der Waals surface area contributed by atoms with Crippen molar-refractivity contribution in [2.75, 3.05) is 5.17 Å². The van der Waals surface area contributed by atoms with Gasteiger partial charge in [-0.1, -0.05) is 12.1 Å². The van der Waals surface area contributed by atoms with Crippen molar-refractivity contribution in [3.8, 4) is 0 Å². The van der Waals surface area contributed by atoms with Gasteiger partial charge in [-0.25, -0.2) is 4.79 Å². The lowest BCUT2D eigenvalue weighted by Crippen LogP contribution is -2.29. The monoisotopic (exact) mass is 192 g/mol. The van der Waals surface area contributed by atoms with Gasteiger partial charge in [-0.2, -0.15) is 0 Å². The predicted molar refractivity (Wildman–Crippen MR) is 49.2 cm³/mol. The Bertz CT molecular complexity index is 381. The lowest BCUT2D eigenvalue weighted by molar-refractivity contribution is 0.0695. The predicted octanol–water partition coefficient (Wildman–Crippen LogP) is 1.11. The molecule has 5 heteroatoms. The third-order valence-electron chi connectivity index (χ3n) is 1.78. The molecule has 0 bridgehead atoms. The Balaban J connectivity index is 2.36. The molecule has 0 atom stereocenters. The fourth-order valence-electron chi connectivity index (χ4n) is 1.18. The highest BCUT2D eigenvalue weighted by Crippen LogP contribution is 2.20. The molecule has 1 heterocycles. The van der Waals surface area contributed by atoms with Crippen molar-refractivity contribution in [2.24, 2.45) is 0 Å². The number of hydrazine groups is 1. The van der Waals surface area contributed by atoms with Crippen LogP contribution in [0.4, 0.5) is 5.69 Å². The maximum atomic E-state index is 10.8. The van der Waals surface area contributed by atoms with Crippen LogP contribution in [0.1, 0.15) is 10.4 Å². The van der Waals surface area contributed by atoms with E-state index in [1.165, 1.54) is 17.5 Å². The summed E-state index contributed by atoms with van der Waals surface area (Å²) in [5, 5.41) is 10.2. The molecule has 2 rings (SSSR count). The molecule has 5 nitrogen and oxygen atoms in total. The highest BCUT2D eigenvalue weighted by atomic mass is 16.7. The fourth-order valence-corrected chi connectivity index (χ4v) is 1.18. The van der Waals surface area contributed by atoms with Crippen molar-refractivity contribution < 1.29 is 14.7 Å². The van der Waals surface area contributed by atoms with Gasteiger partial charge in [0.25, 0.3) is 0 Å². The number of rotatable bonds is 2. The summed E-state index contributed by atoms with van der Waals surface area (Å²) in [7, 11) is 0. The van der Waals surface area contributed by atoms with E-state index >= 15 is 0 Å². The summed E-state index contributed by atoms with van der Waals surface area (Å²) >= 11 is 0. The summed E-state index contributed by atoms with van der Waals surface area (Å²) in [5.41, 5.74) is 3.38. The molecule has 0 fully saturated rings. The van der Waals surface area contributed by atoms with Gasteiger partial charge in [0.05, 0.1) is 11.8 Å². The summed E-state index contributed by atoms with van der Waals surface area (Å²) < 4.78 is 0. The lowest BCUT2D eigenvalue weighted by atomic mass is 10.2. The Morgan fingerprint density at radius 2 is 2.21 bits per heavy atom. The number of benzene rings is 1. The number of hydrogen-bond acceptors (Lipinski definition) is 4. The first-order chi connectivity index (χ1) is 6.79.